The SMILES string of the molecule is CCNCCCc1c(C)[nH]c2ccc(Br)cc12. The number of H-pyrrole nitrogens is 1. The molecule has 0 saturated heterocycles. The first-order chi connectivity index (χ1) is 8.22. The van der Waals surface area contributed by atoms with Crippen LogP contribution in [0.3, 0.4) is 0 Å². The molecule has 92 valence electrons. The standard InChI is InChI=1S/C14H19BrN2/c1-3-16-8-4-5-12-10(2)17-14-7-6-11(15)9-13(12)14/h6-7,9,16-17H,3-5,8H2,1-2H3. The number of rotatable bonds is 5. The summed E-state index contributed by atoms with van der Waals surface area (Å²) in [6.45, 7) is 6.46. The Kier molecular flexibility index (Phi) is 4.24. The Bertz CT molecular complexity index is 502. The van der Waals surface area contributed by atoms with Crippen molar-refractivity contribution in [3.8, 4) is 0 Å². The molecule has 1 heterocycles. The first-order valence-electron chi connectivity index (χ1n) is 6.19. The fourth-order valence-electron chi connectivity index (χ4n) is 2.24. The fraction of sp³-hybridized carbons (Fsp3) is 0.429. The summed E-state index contributed by atoms with van der Waals surface area (Å²) in [6.07, 6.45) is 2.32. The largest absolute Gasteiger partial charge is 0.358 e. The molecule has 0 radical (unpaired) electrons. The van der Waals surface area contributed by atoms with Gasteiger partial charge in [0.2, 0.25) is 0 Å². The van der Waals surface area contributed by atoms with Crippen molar-refractivity contribution in [1.82, 2.24) is 10.3 Å². The van der Waals surface area contributed by atoms with Crippen LogP contribution in [0.4, 0.5) is 0 Å². The van der Waals surface area contributed by atoms with Crippen LogP contribution < -0.4 is 5.32 Å². The van der Waals surface area contributed by atoms with E-state index in [-0.39, 0.29) is 0 Å². The van der Waals surface area contributed by atoms with E-state index >= 15 is 0 Å². The Morgan fingerprint density at radius 2 is 2.18 bits per heavy atom. The van der Waals surface area contributed by atoms with Crippen LogP contribution in [0.2, 0.25) is 0 Å². The highest BCUT2D eigenvalue weighted by molar-refractivity contribution is 9.10. The molecule has 2 aromatic rings. The van der Waals surface area contributed by atoms with Gasteiger partial charge in [-0.25, -0.2) is 0 Å². The van der Waals surface area contributed by atoms with Gasteiger partial charge in [-0.1, -0.05) is 22.9 Å². The van der Waals surface area contributed by atoms with Crippen molar-refractivity contribution in [3.63, 3.8) is 0 Å². The quantitative estimate of drug-likeness (QED) is 0.807. The third-order valence-corrected chi connectivity index (χ3v) is 3.61. The topological polar surface area (TPSA) is 27.8 Å². The van der Waals surface area contributed by atoms with E-state index in [1.807, 2.05) is 0 Å². The summed E-state index contributed by atoms with van der Waals surface area (Å²) in [7, 11) is 0. The van der Waals surface area contributed by atoms with E-state index in [0.717, 1.165) is 24.0 Å². The molecule has 0 bridgehead atoms. The molecule has 2 rings (SSSR count). The van der Waals surface area contributed by atoms with E-state index in [0.29, 0.717) is 0 Å². The number of hydrogen-bond donors (Lipinski definition) is 2. The molecule has 3 heteroatoms. The smallest absolute Gasteiger partial charge is 0.0459 e. The molecule has 0 saturated carbocycles. The molecular weight excluding hydrogens is 276 g/mol. The van der Waals surface area contributed by atoms with Gasteiger partial charge in [-0.3, -0.25) is 0 Å². The predicted molar refractivity (Wildman–Crippen MR) is 77.6 cm³/mol. The first kappa shape index (κ1) is 12.7. The highest BCUT2D eigenvalue weighted by atomic mass is 79.9. The molecule has 1 aromatic carbocycles. The number of nitrogens with one attached hydrogen (secondary N) is 2. The summed E-state index contributed by atoms with van der Waals surface area (Å²) >= 11 is 3.54. The lowest BCUT2D eigenvalue weighted by Gasteiger charge is -2.03. The summed E-state index contributed by atoms with van der Waals surface area (Å²) in [5.41, 5.74) is 4.00. The minimum atomic E-state index is 1.05. The van der Waals surface area contributed by atoms with Gasteiger partial charge in [0.1, 0.15) is 0 Å². The molecule has 0 atom stereocenters. The second-order valence-corrected chi connectivity index (χ2v) is 5.29. The molecule has 1 aromatic heterocycles. The van der Waals surface area contributed by atoms with Crippen molar-refractivity contribution in [1.29, 1.82) is 0 Å². The average molecular weight is 295 g/mol. The van der Waals surface area contributed by atoms with Crippen LogP contribution in [0.5, 0.6) is 0 Å². The van der Waals surface area contributed by atoms with Crippen molar-refractivity contribution in [2.45, 2.75) is 26.7 Å². The third kappa shape index (κ3) is 2.90. The lowest BCUT2D eigenvalue weighted by atomic mass is 10.1. The molecule has 0 amide bonds. The normalized spacial score (nSPS) is 11.2. The number of hydrogen-bond acceptors (Lipinski definition) is 1. The molecule has 17 heavy (non-hydrogen) atoms. The Morgan fingerprint density at radius 3 is 2.94 bits per heavy atom. The Balaban J connectivity index is 2.20. The third-order valence-electron chi connectivity index (χ3n) is 3.11. The minimum absolute atomic E-state index is 1.05. The number of fused-ring (bicyclic) bond motifs is 1. The van der Waals surface area contributed by atoms with Gasteiger partial charge in [-0.2, -0.15) is 0 Å². The van der Waals surface area contributed by atoms with Gasteiger partial charge in [0.15, 0.2) is 0 Å². The van der Waals surface area contributed by atoms with Gasteiger partial charge in [0.25, 0.3) is 0 Å². The molecule has 0 aliphatic rings. The first-order valence-corrected chi connectivity index (χ1v) is 6.99. The van der Waals surface area contributed by atoms with Crippen molar-refractivity contribution < 1.29 is 0 Å². The van der Waals surface area contributed by atoms with E-state index in [1.165, 1.54) is 28.6 Å². The number of halogens is 1. The second-order valence-electron chi connectivity index (χ2n) is 4.38. The van der Waals surface area contributed by atoms with E-state index in [1.54, 1.807) is 0 Å². The number of benzene rings is 1. The van der Waals surface area contributed by atoms with Gasteiger partial charge in [0, 0.05) is 21.1 Å². The minimum Gasteiger partial charge on any atom is -0.358 e. The summed E-state index contributed by atoms with van der Waals surface area (Å²) < 4.78 is 1.15. The van der Waals surface area contributed by atoms with E-state index in [4.69, 9.17) is 0 Å². The molecule has 0 fully saturated rings. The maximum atomic E-state index is 3.54. The van der Waals surface area contributed by atoms with E-state index in [2.05, 4.69) is 58.3 Å². The highest BCUT2D eigenvalue weighted by Crippen LogP contribution is 2.26. The van der Waals surface area contributed by atoms with Crippen LogP contribution in [-0.4, -0.2) is 18.1 Å². The van der Waals surface area contributed by atoms with Crippen LogP contribution in [0.15, 0.2) is 22.7 Å². The van der Waals surface area contributed by atoms with Gasteiger partial charge in [0.05, 0.1) is 0 Å². The summed E-state index contributed by atoms with van der Waals surface area (Å²) in [4.78, 5) is 3.45. The average Bonchev–Trinajstić information content (AvgIpc) is 2.61. The Hall–Kier alpha value is -0.800. The highest BCUT2D eigenvalue weighted by Gasteiger charge is 2.08. The predicted octanol–water partition coefficient (Wildman–Crippen LogP) is 3.78. The van der Waals surface area contributed by atoms with Gasteiger partial charge >= 0.3 is 0 Å². The molecule has 2 nitrogen and oxygen atoms in total. The van der Waals surface area contributed by atoms with Crippen LogP contribution in [0, 0.1) is 6.92 Å². The summed E-state index contributed by atoms with van der Waals surface area (Å²) in [5, 5.41) is 4.73. The zero-order valence-corrected chi connectivity index (χ0v) is 12.0. The van der Waals surface area contributed by atoms with Crippen molar-refractivity contribution in [2.75, 3.05) is 13.1 Å². The fourth-order valence-corrected chi connectivity index (χ4v) is 2.60. The summed E-state index contributed by atoms with van der Waals surface area (Å²) in [6, 6.07) is 6.43. The van der Waals surface area contributed by atoms with Crippen LogP contribution in [-0.2, 0) is 6.42 Å². The monoisotopic (exact) mass is 294 g/mol. The van der Waals surface area contributed by atoms with Crippen LogP contribution >= 0.6 is 15.9 Å². The maximum Gasteiger partial charge on any atom is 0.0459 e. The molecule has 0 spiro atoms. The maximum absolute atomic E-state index is 3.54. The lowest BCUT2D eigenvalue weighted by Crippen LogP contribution is -2.14. The molecule has 0 aliphatic carbocycles. The van der Waals surface area contributed by atoms with Crippen molar-refractivity contribution in [3.05, 3.63) is 33.9 Å². The molecular formula is C14H19BrN2. The zero-order valence-electron chi connectivity index (χ0n) is 10.4. The van der Waals surface area contributed by atoms with Crippen LogP contribution in [0.1, 0.15) is 24.6 Å². The van der Waals surface area contributed by atoms with Gasteiger partial charge < -0.3 is 10.3 Å². The zero-order chi connectivity index (χ0) is 12.3. The van der Waals surface area contributed by atoms with E-state index in [9.17, 15) is 0 Å². The Morgan fingerprint density at radius 1 is 1.35 bits per heavy atom. The van der Waals surface area contributed by atoms with Gasteiger partial charge in [-0.05, 0) is 56.6 Å². The molecule has 2 N–H and O–H groups in total. The van der Waals surface area contributed by atoms with Gasteiger partial charge in [-0.15, -0.1) is 0 Å². The lowest BCUT2D eigenvalue weighted by molar-refractivity contribution is 0.673. The molecule has 0 aliphatic heterocycles. The van der Waals surface area contributed by atoms with Crippen molar-refractivity contribution in [2.24, 2.45) is 0 Å². The summed E-state index contributed by atoms with van der Waals surface area (Å²) in [5.74, 6) is 0. The number of aromatic amines is 1. The number of aromatic nitrogens is 1. The Labute approximate surface area is 111 Å². The van der Waals surface area contributed by atoms with Crippen LogP contribution in [0.25, 0.3) is 10.9 Å². The number of aryl methyl sites for hydroxylation is 2. The second kappa shape index (κ2) is 5.69. The van der Waals surface area contributed by atoms with E-state index < -0.39 is 0 Å². The van der Waals surface area contributed by atoms with Crippen molar-refractivity contribution >= 4 is 26.8 Å². The molecule has 0 unspecified atom stereocenters.